The summed E-state index contributed by atoms with van der Waals surface area (Å²) in [5.41, 5.74) is 1.37. The van der Waals surface area contributed by atoms with Crippen molar-refractivity contribution in [2.75, 3.05) is 0 Å². The Bertz CT molecular complexity index is 529. The zero-order chi connectivity index (χ0) is 12.5. The number of aromatic nitrogens is 2. The third kappa shape index (κ3) is 2.06. The molecule has 4 heteroatoms. The Hall–Kier alpha value is -2.10. The van der Waals surface area contributed by atoms with Crippen LogP contribution in [0.5, 0.6) is 0 Å². The molecule has 17 heavy (non-hydrogen) atoms. The number of carbonyl (C=O) groups is 1. The van der Waals surface area contributed by atoms with Gasteiger partial charge >= 0.3 is 5.97 Å². The lowest BCUT2D eigenvalue weighted by Gasteiger charge is -2.16. The van der Waals surface area contributed by atoms with E-state index in [1.54, 1.807) is 19.9 Å². The van der Waals surface area contributed by atoms with Crippen molar-refractivity contribution in [1.82, 2.24) is 10.2 Å². The maximum absolute atomic E-state index is 11.1. The molecule has 88 valence electrons. The van der Waals surface area contributed by atoms with Crippen molar-refractivity contribution < 1.29 is 9.90 Å². The summed E-state index contributed by atoms with van der Waals surface area (Å²) in [4.78, 5) is 11.1. The zero-order valence-electron chi connectivity index (χ0n) is 9.77. The number of hydrogen-bond donors (Lipinski definition) is 2. The van der Waals surface area contributed by atoms with Crippen molar-refractivity contribution in [3.63, 3.8) is 0 Å². The van der Waals surface area contributed by atoms with Gasteiger partial charge in [0, 0.05) is 5.56 Å². The van der Waals surface area contributed by atoms with Crippen molar-refractivity contribution in [2.45, 2.75) is 19.3 Å². The Kier molecular flexibility index (Phi) is 2.71. The first-order chi connectivity index (χ1) is 8.01. The van der Waals surface area contributed by atoms with E-state index >= 15 is 0 Å². The van der Waals surface area contributed by atoms with Gasteiger partial charge in [-0.05, 0) is 19.9 Å². The molecular formula is C13H14N2O2. The highest BCUT2D eigenvalue weighted by Gasteiger charge is 2.31. The maximum Gasteiger partial charge on any atom is 0.315 e. The number of carboxylic acids is 1. The molecule has 2 rings (SSSR count). The van der Waals surface area contributed by atoms with E-state index < -0.39 is 11.4 Å². The fourth-order valence-corrected chi connectivity index (χ4v) is 1.51. The van der Waals surface area contributed by atoms with Gasteiger partial charge in [0.1, 0.15) is 5.41 Å². The molecule has 0 bridgehead atoms. The molecule has 0 saturated heterocycles. The average molecular weight is 230 g/mol. The smallest absolute Gasteiger partial charge is 0.315 e. The van der Waals surface area contributed by atoms with Crippen LogP contribution in [0.1, 0.15) is 19.5 Å². The lowest BCUT2D eigenvalue weighted by atomic mass is 9.89. The standard InChI is InChI=1S/C13H14N2O2/c1-13(2,12(16)17)11-8-10(14-15-11)9-6-4-3-5-7-9/h3-8H,1-2H3,(H,14,15)(H,16,17). The van der Waals surface area contributed by atoms with Crippen molar-refractivity contribution >= 4 is 5.97 Å². The quantitative estimate of drug-likeness (QED) is 0.851. The molecule has 0 fully saturated rings. The summed E-state index contributed by atoms with van der Waals surface area (Å²) in [6.07, 6.45) is 0. The first-order valence-electron chi connectivity index (χ1n) is 5.36. The molecule has 1 aromatic carbocycles. The van der Waals surface area contributed by atoms with Crippen molar-refractivity contribution in [3.05, 3.63) is 42.1 Å². The molecule has 0 spiro atoms. The van der Waals surface area contributed by atoms with Crippen molar-refractivity contribution in [1.29, 1.82) is 0 Å². The molecule has 2 aromatic rings. The summed E-state index contributed by atoms with van der Waals surface area (Å²) in [6, 6.07) is 11.4. The van der Waals surface area contributed by atoms with Crippen LogP contribution in [0.25, 0.3) is 11.3 Å². The highest BCUT2D eigenvalue weighted by molar-refractivity contribution is 5.80. The van der Waals surface area contributed by atoms with Gasteiger partial charge in [-0.1, -0.05) is 30.3 Å². The number of carboxylic acid groups (broad SMARTS) is 1. The molecule has 0 amide bonds. The Morgan fingerprint density at radius 1 is 1.29 bits per heavy atom. The van der Waals surface area contributed by atoms with Gasteiger partial charge in [-0.25, -0.2) is 0 Å². The summed E-state index contributed by atoms with van der Waals surface area (Å²) in [5, 5.41) is 16.1. The molecule has 1 aromatic heterocycles. The molecule has 0 radical (unpaired) electrons. The van der Waals surface area contributed by atoms with E-state index in [1.165, 1.54) is 0 Å². The molecule has 0 saturated carbocycles. The lowest BCUT2D eigenvalue weighted by molar-refractivity contribution is -0.142. The van der Waals surface area contributed by atoms with E-state index in [0.29, 0.717) is 5.69 Å². The minimum atomic E-state index is -0.958. The van der Waals surface area contributed by atoms with E-state index in [1.807, 2.05) is 30.3 Å². The number of hydrogen-bond acceptors (Lipinski definition) is 2. The topological polar surface area (TPSA) is 66.0 Å². The van der Waals surface area contributed by atoms with Gasteiger partial charge in [-0.15, -0.1) is 0 Å². The number of nitrogens with zero attached hydrogens (tertiary/aromatic N) is 1. The van der Waals surface area contributed by atoms with Gasteiger partial charge in [0.05, 0.1) is 11.4 Å². The van der Waals surface area contributed by atoms with Gasteiger partial charge < -0.3 is 5.11 Å². The van der Waals surface area contributed by atoms with Crippen LogP contribution in [-0.4, -0.2) is 21.3 Å². The third-order valence-electron chi connectivity index (χ3n) is 2.86. The van der Waals surface area contributed by atoms with Crippen LogP contribution in [0, 0.1) is 0 Å². The van der Waals surface area contributed by atoms with E-state index in [0.717, 1.165) is 11.3 Å². The molecule has 2 N–H and O–H groups in total. The van der Waals surface area contributed by atoms with Crippen LogP contribution in [-0.2, 0) is 10.2 Å². The van der Waals surface area contributed by atoms with Gasteiger partial charge in [0.15, 0.2) is 0 Å². The zero-order valence-corrected chi connectivity index (χ0v) is 9.77. The van der Waals surface area contributed by atoms with Crippen molar-refractivity contribution in [3.8, 4) is 11.3 Å². The molecule has 0 unspecified atom stereocenters. The van der Waals surface area contributed by atoms with Crippen LogP contribution in [0.3, 0.4) is 0 Å². The Morgan fingerprint density at radius 2 is 1.94 bits per heavy atom. The second-order valence-corrected chi connectivity index (χ2v) is 4.46. The summed E-state index contributed by atoms with van der Waals surface area (Å²) in [7, 11) is 0. The van der Waals surface area contributed by atoms with Gasteiger partial charge in [0.25, 0.3) is 0 Å². The Morgan fingerprint density at radius 3 is 2.53 bits per heavy atom. The largest absolute Gasteiger partial charge is 0.481 e. The first kappa shape index (κ1) is 11.4. The molecule has 1 heterocycles. The number of nitrogens with one attached hydrogen (secondary N) is 1. The minimum absolute atomic E-state index is 0.601. The molecule has 0 atom stereocenters. The highest BCUT2D eigenvalue weighted by atomic mass is 16.4. The van der Waals surface area contributed by atoms with E-state index in [4.69, 9.17) is 5.11 Å². The summed E-state index contributed by atoms with van der Waals surface area (Å²) < 4.78 is 0. The Balaban J connectivity index is 2.38. The summed E-state index contributed by atoms with van der Waals surface area (Å²) in [5.74, 6) is -0.874. The van der Waals surface area contributed by atoms with Gasteiger partial charge in [-0.3, -0.25) is 9.89 Å². The van der Waals surface area contributed by atoms with E-state index in [9.17, 15) is 4.79 Å². The minimum Gasteiger partial charge on any atom is -0.481 e. The second-order valence-electron chi connectivity index (χ2n) is 4.46. The van der Waals surface area contributed by atoms with E-state index in [-0.39, 0.29) is 0 Å². The van der Waals surface area contributed by atoms with Crippen LogP contribution < -0.4 is 0 Å². The Labute approximate surface area is 99.3 Å². The van der Waals surface area contributed by atoms with Crippen LogP contribution in [0.4, 0.5) is 0 Å². The fourth-order valence-electron chi connectivity index (χ4n) is 1.51. The summed E-state index contributed by atoms with van der Waals surface area (Å²) in [6.45, 7) is 3.30. The fraction of sp³-hybridized carbons (Fsp3) is 0.231. The maximum atomic E-state index is 11.1. The second kappa shape index (κ2) is 4.05. The monoisotopic (exact) mass is 230 g/mol. The number of aromatic amines is 1. The summed E-state index contributed by atoms with van der Waals surface area (Å²) >= 11 is 0. The van der Waals surface area contributed by atoms with Gasteiger partial charge in [-0.2, -0.15) is 5.10 Å². The number of aliphatic carboxylic acids is 1. The van der Waals surface area contributed by atoms with Crippen LogP contribution >= 0.6 is 0 Å². The van der Waals surface area contributed by atoms with Crippen molar-refractivity contribution in [2.24, 2.45) is 0 Å². The highest BCUT2D eigenvalue weighted by Crippen LogP contribution is 2.25. The van der Waals surface area contributed by atoms with Gasteiger partial charge in [0.2, 0.25) is 0 Å². The number of benzene rings is 1. The molecule has 0 aliphatic carbocycles. The third-order valence-corrected chi connectivity index (χ3v) is 2.86. The van der Waals surface area contributed by atoms with Crippen LogP contribution in [0.2, 0.25) is 0 Å². The number of rotatable bonds is 3. The molecule has 0 aliphatic heterocycles. The molecule has 0 aliphatic rings. The van der Waals surface area contributed by atoms with E-state index in [2.05, 4.69) is 10.2 Å². The average Bonchev–Trinajstić information content (AvgIpc) is 2.80. The normalized spacial score (nSPS) is 11.4. The first-order valence-corrected chi connectivity index (χ1v) is 5.36. The molecular weight excluding hydrogens is 216 g/mol. The lowest BCUT2D eigenvalue weighted by Crippen LogP contribution is -2.28. The SMILES string of the molecule is CC(C)(C(=O)O)c1cc(-c2ccccc2)n[nH]1. The van der Waals surface area contributed by atoms with Crippen LogP contribution in [0.15, 0.2) is 36.4 Å². The predicted molar refractivity (Wildman–Crippen MR) is 64.7 cm³/mol. The predicted octanol–water partition coefficient (Wildman–Crippen LogP) is 2.44. The molecule has 4 nitrogen and oxygen atoms in total. The number of H-pyrrole nitrogens is 1.